The first kappa shape index (κ1) is 21.5. The second-order valence-corrected chi connectivity index (χ2v) is 6.66. The van der Waals surface area contributed by atoms with E-state index >= 15 is 0 Å². The van der Waals surface area contributed by atoms with E-state index in [-0.39, 0.29) is 30.1 Å². The van der Waals surface area contributed by atoms with E-state index in [1.807, 2.05) is 30.3 Å². The van der Waals surface area contributed by atoms with Gasteiger partial charge in [-0.25, -0.2) is 0 Å². The monoisotopic (exact) mass is 419 g/mol. The molecule has 8 heteroatoms. The van der Waals surface area contributed by atoms with E-state index in [2.05, 4.69) is 10.6 Å². The third kappa shape index (κ3) is 6.67. The molecule has 31 heavy (non-hydrogen) atoms. The number of benzene rings is 3. The van der Waals surface area contributed by atoms with Crippen LogP contribution in [0.1, 0.15) is 22.3 Å². The van der Waals surface area contributed by atoms with E-state index in [0.717, 1.165) is 5.56 Å². The van der Waals surface area contributed by atoms with Gasteiger partial charge in [-0.3, -0.25) is 19.7 Å². The maximum absolute atomic E-state index is 12.1. The highest BCUT2D eigenvalue weighted by molar-refractivity contribution is 5.95. The highest BCUT2D eigenvalue weighted by Gasteiger charge is 2.10. The molecule has 3 rings (SSSR count). The number of rotatable bonds is 9. The van der Waals surface area contributed by atoms with E-state index in [1.54, 1.807) is 24.3 Å². The second-order valence-electron chi connectivity index (χ2n) is 6.66. The summed E-state index contributed by atoms with van der Waals surface area (Å²) in [5.41, 5.74) is 1.89. The van der Waals surface area contributed by atoms with Crippen LogP contribution in [0.25, 0.3) is 0 Å². The molecule has 2 N–H and O–H groups in total. The van der Waals surface area contributed by atoms with Crippen LogP contribution in [-0.4, -0.2) is 23.3 Å². The smallest absolute Gasteiger partial charge is 0.269 e. The van der Waals surface area contributed by atoms with Crippen LogP contribution in [0.3, 0.4) is 0 Å². The lowest BCUT2D eigenvalue weighted by Crippen LogP contribution is -2.27. The Kier molecular flexibility index (Phi) is 7.31. The van der Waals surface area contributed by atoms with Gasteiger partial charge in [0.25, 0.3) is 11.6 Å². The maximum Gasteiger partial charge on any atom is 0.269 e. The summed E-state index contributed by atoms with van der Waals surface area (Å²) in [6.45, 7) is 0.598. The minimum Gasteiger partial charge on any atom is -0.489 e. The van der Waals surface area contributed by atoms with Crippen molar-refractivity contribution in [3.8, 4) is 5.75 Å². The number of carbonyl (C=O) groups excluding carboxylic acids is 2. The molecule has 0 heterocycles. The molecule has 3 aromatic rings. The van der Waals surface area contributed by atoms with E-state index < -0.39 is 10.8 Å². The van der Waals surface area contributed by atoms with Crippen LogP contribution >= 0.6 is 0 Å². The van der Waals surface area contributed by atoms with Crippen molar-refractivity contribution >= 4 is 23.2 Å². The number of amides is 2. The lowest BCUT2D eigenvalue weighted by atomic mass is 10.2. The van der Waals surface area contributed by atoms with Crippen molar-refractivity contribution < 1.29 is 19.2 Å². The van der Waals surface area contributed by atoms with Gasteiger partial charge in [0.15, 0.2) is 0 Å². The zero-order chi connectivity index (χ0) is 22.1. The predicted octanol–water partition coefficient (Wildman–Crippen LogP) is 3.93. The van der Waals surface area contributed by atoms with Crippen molar-refractivity contribution in [3.63, 3.8) is 0 Å². The summed E-state index contributed by atoms with van der Waals surface area (Å²) >= 11 is 0. The first-order chi connectivity index (χ1) is 15.0. The number of anilines is 1. The number of nitrogens with zero attached hydrogens (tertiary/aromatic N) is 1. The second kappa shape index (κ2) is 10.5. The third-order valence-electron chi connectivity index (χ3n) is 4.36. The predicted molar refractivity (Wildman–Crippen MR) is 116 cm³/mol. The van der Waals surface area contributed by atoms with Crippen LogP contribution in [0.5, 0.6) is 5.75 Å². The Morgan fingerprint density at radius 3 is 2.23 bits per heavy atom. The van der Waals surface area contributed by atoms with Gasteiger partial charge in [-0.2, -0.15) is 0 Å². The molecule has 0 aliphatic heterocycles. The molecule has 8 nitrogen and oxygen atoms in total. The molecule has 0 aliphatic carbocycles. The van der Waals surface area contributed by atoms with E-state index in [4.69, 9.17) is 4.74 Å². The minimum absolute atomic E-state index is 0.0883. The SMILES string of the molecule is O=C(CCNC(=O)c1ccc([N+](=O)[O-])cc1)Nc1ccc(OCc2ccccc2)cc1. The third-order valence-corrected chi connectivity index (χ3v) is 4.36. The normalized spacial score (nSPS) is 10.2. The van der Waals surface area contributed by atoms with E-state index in [1.165, 1.54) is 24.3 Å². The molecule has 0 saturated carbocycles. The fraction of sp³-hybridized carbons (Fsp3) is 0.130. The summed E-state index contributed by atoms with van der Waals surface area (Å²) < 4.78 is 5.71. The fourth-order valence-corrected chi connectivity index (χ4v) is 2.73. The van der Waals surface area contributed by atoms with Crippen molar-refractivity contribution in [3.05, 3.63) is 100 Å². The topological polar surface area (TPSA) is 111 Å². The van der Waals surface area contributed by atoms with Crippen LogP contribution in [-0.2, 0) is 11.4 Å². The summed E-state index contributed by atoms with van der Waals surface area (Å²) in [7, 11) is 0. The number of hydrogen-bond acceptors (Lipinski definition) is 5. The van der Waals surface area contributed by atoms with E-state index in [0.29, 0.717) is 18.0 Å². The molecular weight excluding hydrogens is 398 g/mol. The number of carbonyl (C=O) groups is 2. The van der Waals surface area contributed by atoms with Gasteiger partial charge < -0.3 is 15.4 Å². The van der Waals surface area contributed by atoms with Crippen molar-refractivity contribution in [2.24, 2.45) is 0 Å². The molecule has 0 bridgehead atoms. The number of hydrogen-bond donors (Lipinski definition) is 2. The molecule has 0 aromatic heterocycles. The Labute approximate surface area is 179 Å². The number of ether oxygens (including phenoxy) is 1. The summed E-state index contributed by atoms with van der Waals surface area (Å²) in [4.78, 5) is 34.2. The zero-order valence-corrected chi connectivity index (χ0v) is 16.6. The van der Waals surface area contributed by atoms with Gasteiger partial charge in [0, 0.05) is 36.3 Å². The number of nitro benzene ring substituents is 1. The Morgan fingerprint density at radius 2 is 1.58 bits per heavy atom. The Hall–Kier alpha value is -4.20. The summed E-state index contributed by atoms with van der Waals surface area (Å²) in [5.74, 6) is 0.0433. The number of nitro groups is 1. The quantitative estimate of drug-likeness (QED) is 0.403. The molecule has 0 saturated heterocycles. The van der Waals surface area contributed by atoms with Crippen molar-refractivity contribution in [1.29, 1.82) is 0 Å². The van der Waals surface area contributed by atoms with Crippen LogP contribution in [0.2, 0.25) is 0 Å². The van der Waals surface area contributed by atoms with Crippen LogP contribution in [0, 0.1) is 10.1 Å². The van der Waals surface area contributed by atoms with Gasteiger partial charge in [0.1, 0.15) is 12.4 Å². The molecule has 0 unspecified atom stereocenters. The first-order valence-corrected chi connectivity index (χ1v) is 9.60. The first-order valence-electron chi connectivity index (χ1n) is 9.60. The van der Waals surface area contributed by atoms with Crippen molar-refractivity contribution in [1.82, 2.24) is 5.32 Å². The lowest BCUT2D eigenvalue weighted by molar-refractivity contribution is -0.384. The summed E-state index contributed by atoms with van der Waals surface area (Å²) in [6.07, 6.45) is 0.0883. The molecule has 0 radical (unpaired) electrons. The molecule has 0 aliphatic rings. The van der Waals surface area contributed by atoms with Gasteiger partial charge in [-0.15, -0.1) is 0 Å². The average Bonchev–Trinajstić information content (AvgIpc) is 2.79. The molecular formula is C23H21N3O5. The molecule has 3 aromatic carbocycles. The standard InChI is InChI=1S/C23H21N3O5/c27-22(14-15-24-23(28)18-6-10-20(11-7-18)26(29)30)25-19-8-12-21(13-9-19)31-16-17-4-2-1-3-5-17/h1-13H,14-16H2,(H,24,28)(H,25,27). The Bertz CT molecular complexity index is 1040. The summed E-state index contributed by atoms with van der Waals surface area (Å²) in [6, 6.07) is 22.1. The van der Waals surface area contributed by atoms with Crippen LogP contribution in [0.4, 0.5) is 11.4 Å². The fourth-order valence-electron chi connectivity index (χ4n) is 2.73. The molecule has 0 atom stereocenters. The van der Waals surface area contributed by atoms with Crippen molar-refractivity contribution in [2.45, 2.75) is 13.0 Å². The minimum atomic E-state index is -0.534. The Balaban J connectivity index is 1.40. The van der Waals surface area contributed by atoms with Gasteiger partial charge in [0.2, 0.25) is 5.91 Å². The molecule has 0 fully saturated rings. The van der Waals surface area contributed by atoms with Gasteiger partial charge >= 0.3 is 0 Å². The van der Waals surface area contributed by atoms with Crippen molar-refractivity contribution in [2.75, 3.05) is 11.9 Å². The molecule has 158 valence electrons. The molecule has 0 spiro atoms. The zero-order valence-electron chi connectivity index (χ0n) is 16.6. The lowest BCUT2D eigenvalue weighted by Gasteiger charge is -2.09. The maximum atomic E-state index is 12.1. The molecule has 2 amide bonds. The average molecular weight is 419 g/mol. The number of non-ortho nitro benzene ring substituents is 1. The highest BCUT2D eigenvalue weighted by atomic mass is 16.6. The van der Waals surface area contributed by atoms with Gasteiger partial charge in [-0.05, 0) is 42.0 Å². The number of nitrogens with one attached hydrogen (secondary N) is 2. The summed E-state index contributed by atoms with van der Waals surface area (Å²) in [5, 5.41) is 16.0. The van der Waals surface area contributed by atoms with E-state index in [9.17, 15) is 19.7 Å². The highest BCUT2D eigenvalue weighted by Crippen LogP contribution is 2.17. The van der Waals surface area contributed by atoms with Crippen LogP contribution < -0.4 is 15.4 Å². The Morgan fingerprint density at radius 1 is 0.903 bits per heavy atom. The van der Waals surface area contributed by atoms with Crippen LogP contribution in [0.15, 0.2) is 78.9 Å². The van der Waals surface area contributed by atoms with Gasteiger partial charge in [-0.1, -0.05) is 30.3 Å². The van der Waals surface area contributed by atoms with Gasteiger partial charge in [0.05, 0.1) is 4.92 Å². The largest absolute Gasteiger partial charge is 0.489 e.